The van der Waals surface area contributed by atoms with E-state index in [0.717, 1.165) is 17.8 Å². The van der Waals surface area contributed by atoms with Gasteiger partial charge in [-0.05, 0) is 23.9 Å². The summed E-state index contributed by atoms with van der Waals surface area (Å²) >= 11 is 13.0. The lowest BCUT2D eigenvalue weighted by Gasteiger charge is -2.01. The van der Waals surface area contributed by atoms with E-state index in [1.54, 1.807) is 18.2 Å². The zero-order chi connectivity index (χ0) is 15.4. The minimum atomic E-state index is -0.549. The third-order valence-electron chi connectivity index (χ3n) is 2.27. The molecule has 0 unspecified atom stereocenters. The van der Waals surface area contributed by atoms with Crippen molar-refractivity contribution in [2.24, 2.45) is 4.99 Å². The molecular formula is C12H9Cl2N3O3S. The van der Waals surface area contributed by atoms with Crippen LogP contribution in [0.15, 0.2) is 34.2 Å². The van der Waals surface area contributed by atoms with E-state index in [1.807, 2.05) is 0 Å². The first-order valence-electron chi connectivity index (χ1n) is 5.58. The normalized spacial score (nSPS) is 18.1. The highest BCUT2D eigenvalue weighted by molar-refractivity contribution is 8.18. The maximum Gasteiger partial charge on any atom is 0.268 e. The molecule has 6 nitrogen and oxygen atoms in total. The zero-order valence-corrected chi connectivity index (χ0v) is 13.0. The first kappa shape index (κ1) is 15.8. The van der Waals surface area contributed by atoms with E-state index in [0.29, 0.717) is 15.7 Å². The molecule has 1 heterocycles. The van der Waals surface area contributed by atoms with Crippen LogP contribution in [0.5, 0.6) is 0 Å². The second-order valence-electron chi connectivity index (χ2n) is 3.72. The van der Waals surface area contributed by atoms with Crippen LogP contribution in [0.3, 0.4) is 0 Å². The second-order valence-corrected chi connectivity index (χ2v) is 5.57. The number of benzene rings is 1. The highest BCUT2D eigenvalue weighted by Crippen LogP contribution is 2.35. The van der Waals surface area contributed by atoms with Crippen LogP contribution >= 0.6 is 35.0 Å². The first-order valence-corrected chi connectivity index (χ1v) is 7.15. The van der Waals surface area contributed by atoms with E-state index in [-0.39, 0.29) is 10.1 Å². The van der Waals surface area contributed by atoms with Crippen LogP contribution in [0.4, 0.5) is 5.69 Å². The number of amides is 2. The molecule has 0 radical (unpaired) electrons. The Labute approximate surface area is 134 Å². The summed E-state index contributed by atoms with van der Waals surface area (Å²) in [4.78, 5) is 31.9. The van der Waals surface area contributed by atoms with Crippen molar-refractivity contribution in [3.63, 3.8) is 0 Å². The molecule has 21 heavy (non-hydrogen) atoms. The Bertz CT molecular complexity index is 641. The molecule has 2 amide bonds. The van der Waals surface area contributed by atoms with Gasteiger partial charge in [0.2, 0.25) is 0 Å². The zero-order valence-electron chi connectivity index (χ0n) is 10.6. The van der Waals surface area contributed by atoms with Gasteiger partial charge in [-0.1, -0.05) is 29.3 Å². The molecule has 9 heteroatoms. The summed E-state index contributed by atoms with van der Waals surface area (Å²) in [6, 6.07) is 4.96. The molecule has 1 aliphatic rings. The van der Waals surface area contributed by atoms with Crippen LogP contribution in [0.2, 0.25) is 10.0 Å². The number of nitrogens with one attached hydrogen (secondary N) is 2. The van der Waals surface area contributed by atoms with Gasteiger partial charge in [0, 0.05) is 6.08 Å². The van der Waals surface area contributed by atoms with Crippen molar-refractivity contribution in [3.8, 4) is 0 Å². The van der Waals surface area contributed by atoms with Gasteiger partial charge in [0.05, 0.1) is 22.1 Å². The minimum absolute atomic E-state index is 0.187. The highest BCUT2D eigenvalue weighted by atomic mass is 35.5. The third kappa shape index (κ3) is 3.98. The summed E-state index contributed by atoms with van der Waals surface area (Å²) in [5, 5.41) is 3.53. The molecule has 1 fully saturated rings. The van der Waals surface area contributed by atoms with Crippen molar-refractivity contribution in [2.75, 3.05) is 7.11 Å². The van der Waals surface area contributed by atoms with Crippen LogP contribution < -0.4 is 10.8 Å². The Hall–Kier alpha value is -1.54. The molecule has 0 spiro atoms. The number of halogens is 2. The first-order chi connectivity index (χ1) is 10.0. The Morgan fingerprint density at radius 3 is 2.71 bits per heavy atom. The van der Waals surface area contributed by atoms with Crippen molar-refractivity contribution >= 4 is 57.6 Å². The molecule has 1 aromatic carbocycles. The summed E-state index contributed by atoms with van der Waals surface area (Å²) in [6.07, 6.45) is 1.11. The average Bonchev–Trinajstić information content (AvgIpc) is 2.75. The van der Waals surface area contributed by atoms with Crippen molar-refractivity contribution in [1.29, 1.82) is 0 Å². The fraction of sp³-hybridized carbons (Fsp3) is 0.0833. The number of carbonyl (C=O) groups excluding carboxylic acids is 2. The number of rotatable bonds is 3. The largest absolute Gasteiger partial charge is 0.300 e. The van der Waals surface area contributed by atoms with Gasteiger partial charge in [-0.3, -0.25) is 14.4 Å². The monoisotopic (exact) mass is 345 g/mol. The molecule has 0 bridgehead atoms. The van der Waals surface area contributed by atoms with Crippen LogP contribution in [0.25, 0.3) is 0 Å². The Kier molecular flexibility index (Phi) is 5.24. The van der Waals surface area contributed by atoms with E-state index in [9.17, 15) is 9.59 Å². The molecular weight excluding hydrogens is 337 g/mol. The lowest BCUT2D eigenvalue weighted by Crippen LogP contribution is -2.22. The molecule has 1 saturated heterocycles. The van der Waals surface area contributed by atoms with E-state index in [1.165, 1.54) is 7.11 Å². The fourth-order valence-electron chi connectivity index (χ4n) is 1.43. The molecule has 0 aromatic heterocycles. The van der Waals surface area contributed by atoms with Crippen molar-refractivity contribution in [3.05, 3.63) is 39.2 Å². The number of hydrogen-bond donors (Lipinski definition) is 2. The van der Waals surface area contributed by atoms with Crippen LogP contribution in [-0.2, 0) is 14.4 Å². The van der Waals surface area contributed by atoms with Gasteiger partial charge in [-0.2, -0.15) is 0 Å². The number of para-hydroxylation sites is 1. The molecule has 0 aliphatic carbocycles. The second kappa shape index (κ2) is 6.95. The molecule has 1 aromatic rings. The summed E-state index contributed by atoms with van der Waals surface area (Å²) in [5.41, 5.74) is 2.44. The van der Waals surface area contributed by atoms with Gasteiger partial charge in [-0.25, -0.2) is 10.5 Å². The predicted molar refractivity (Wildman–Crippen MR) is 82.5 cm³/mol. The number of nitrogens with zero attached hydrogens (tertiary/aromatic N) is 1. The van der Waals surface area contributed by atoms with Crippen molar-refractivity contribution in [1.82, 2.24) is 10.8 Å². The maximum absolute atomic E-state index is 11.7. The fourth-order valence-corrected chi connectivity index (χ4v) is 2.71. The summed E-state index contributed by atoms with van der Waals surface area (Å²) in [7, 11) is 1.30. The van der Waals surface area contributed by atoms with E-state index < -0.39 is 11.8 Å². The van der Waals surface area contributed by atoms with E-state index in [4.69, 9.17) is 23.2 Å². The number of hydroxylamine groups is 1. The lowest BCUT2D eigenvalue weighted by molar-refractivity contribution is -0.126. The Balaban J connectivity index is 2.23. The number of thioether (sulfide) groups is 1. The van der Waals surface area contributed by atoms with E-state index >= 15 is 0 Å². The average molecular weight is 346 g/mol. The van der Waals surface area contributed by atoms with Gasteiger partial charge in [0.15, 0.2) is 5.17 Å². The number of carbonyl (C=O) groups is 2. The summed E-state index contributed by atoms with van der Waals surface area (Å²) in [6.45, 7) is 0. The van der Waals surface area contributed by atoms with Gasteiger partial charge in [0.25, 0.3) is 11.8 Å². The molecule has 0 atom stereocenters. The molecule has 2 N–H and O–H groups in total. The molecule has 1 aliphatic heterocycles. The Morgan fingerprint density at radius 1 is 1.43 bits per heavy atom. The van der Waals surface area contributed by atoms with Gasteiger partial charge in [-0.15, -0.1) is 0 Å². The quantitative estimate of drug-likeness (QED) is 0.651. The lowest BCUT2D eigenvalue weighted by atomic mass is 10.3. The molecule has 110 valence electrons. The van der Waals surface area contributed by atoms with Crippen LogP contribution in [0, 0.1) is 0 Å². The van der Waals surface area contributed by atoms with Crippen molar-refractivity contribution < 1.29 is 14.4 Å². The topological polar surface area (TPSA) is 79.8 Å². The van der Waals surface area contributed by atoms with E-state index in [2.05, 4.69) is 20.6 Å². The SMILES string of the molecule is CONC(=O)/C=C1\SC(=Nc2c(Cl)cccc2Cl)NC1=O. The molecule has 2 rings (SSSR count). The number of amidine groups is 1. The maximum atomic E-state index is 11.7. The van der Waals surface area contributed by atoms with Crippen LogP contribution in [-0.4, -0.2) is 24.1 Å². The van der Waals surface area contributed by atoms with Gasteiger partial charge in [0.1, 0.15) is 5.69 Å². The number of hydrogen-bond acceptors (Lipinski definition) is 5. The van der Waals surface area contributed by atoms with Gasteiger partial charge >= 0.3 is 0 Å². The number of aliphatic imine (C=N–C) groups is 1. The predicted octanol–water partition coefficient (Wildman–Crippen LogP) is 2.41. The third-order valence-corrected chi connectivity index (χ3v) is 3.79. The van der Waals surface area contributed by atoms with Crippen LogP contribution in [0.1, 0.15) is 0 Å². The van der Waals surface area contributed by atoms with Crippen molar-refractivity contribution in [2.45, 2.75) is 0 Å². The highest BCUT2D eigenvalue weighted by Gasteiger charge is 2.25. The summed E-state index contributed by atoms with van der Waals surface area (Å²) < 4.78 is 0. The smallest absolute Gasteiger partial charge is 0.268 e. The van der Waals surface area contributed by atoms with Gasteiger partial charge < -0.3 is 5.32 Å². The standard InChI is InChI=1S/C12H9Cl2N3O3S/c1-20-17-9(18)5-8-11(19)16-12(21-8)15-10-6(13)3-2-4-7(10)14/h2-5H,1H3,(H,17,18)(H,15,16,19)/b8-5-. The minimum Gasteiger partial charge on any atom is -0.300 e. The molecule has 0 saturated carbocycles. The Morgan fingerprint density at radius 2 is 2.10 bits per heavy atom. The summed E-state index contributed by atoms with van der Waals surface area (Å²) in [5.74, 6) is -0.986.